The monoisotopic (exact) mass is 414 g/mol. The molecule has 2 aromatic carbocycles. The number of carbonyl (C=O) groups is 1. The summed E-state index contributed by atoms with van der Waals surface area (Å²) in [4.78, 5) is 14.0. The van der Waals surface area contributed by atoms with Crippen LogP contribution in [0.3, 0.4) is 0 Å². The zero-order valence-corrected chi connectivity index (χ0v) is 18.3. The highest BCUT2D eigenvalue weighted by Crippen LogP contribution is 2.74. The van der Waals surface area contributed by atoms with E-state index in [0.717, 1.165) is 44.9 Å². The van der Waals surface area contributed by atoms with Crippen LogP contribution in [0.4, 0.5) is 0 Å². The molecular weight excluding hydrogens is 380 g/mol. The summed E-state index contributed by atoms with van der Waals surface area (Å²) in [6, 6.07) is 22.7. The van der Waals surface area contributed by atoms with Gasteiger partial charge in [-0.05, 0) is 85.7 Å². The summed E-state index contributed by atoms with van der Waals surface area (Å²) in [5, 5.41) is 3.53. The van der Waals surface area contributed by atoms with Gasteiger partial charge in [-0.3, -0.25) is 4.79 Å². The van der Waals surface area contributed by atoms with E-state index in [1.54, 1.807) is 0 Å². The molecule has 5 aliphatic rings. The third-order valence-electron chi connectivity index (χ3n) is 9.32. The van der Waals surface area contributed by atoms with E-state index < -0.39 is 0 Å². The molecule has 2 aromatic rings. The van der Waals surface area contributed by atoms with Gasteiger partial charge in [0.2, 0.25) is 5.91 Å². The Morgan fingerprint density at radius 3 is 2.26 bits per heavy atom. The fraction of sp³-hybridized carbons (Fsp3) is 0.536. The standard InChI is InChI=1S/C28H34N2O/c29-22-11-13-23(14-12-22)30-26(31)28-16-20-15-27(18-28,21-9-5-2-6-10-21)17-24(28)25(20)19-7-3-1-4-8-19/h1-10,20,22-25H,11-18,29H2,(H,30,31)/t20?,22?,23?,24?,25?,27?,28-/m0/s1. The van der Waals surface area contributed by atoms with E-state index in [9.17, 15) is 4.79 Å². The first kappa shape index (κ1) is 19.5. The van der Waals surface area contributed by atoms with Crippen molar-refractivity contribution in [1.29, 1.82) is 0 Å². The van der Waals surface area contributed by atoms with E-state index in [0.29, 0.717) is 35.7 Å². The first-order valence-corrected chi connectivity index (χ1v) is 12.3. The second kappa shape index (κ2) is 7.20. The Balaban J connectivity index is 1.34. The highest BCUT2D eigenvalue weighted by molar-refractivity contribution is 5.85. The highest BCUT2D eigenvalue weighted by Gasteiger charge is 2.70. The summed E-state index contributed by atoms with van der Waals surface area (Å²) in [5.74, 6) is 1.91. The maximum atomic E-state index is 14.0. The molecule has 7 rings (SSSR count). The van der Waals surface area contributed by atoms with Crippen LogP contribution in [-0.2, 0) is 10.2 Å². The number of nitrogens with one attached hydrogen (secondary N) is 1. The van der Waals surface area contributed by atoms with E-state index >= 15 is 0 Å². The molecule has 0 aliphatic heterocycles. The molecule has 1 amide bonds. The lowest BCUT2D eigenvalue weighted by Gasteiger charge is -2.43. The molecule has 5 aliphatic carbocycles. The summed E-state index contributed by atoms with van der Waals surface area (Å²) < 4.78 is 0. The van der Waals surface area contributed by atoms with Gasteiger partial charge in [-0.15, -0.1) is 0 Å². The predicted molar refractivity (Wildman–Crippen MR) is 124 cm³/mol. The van der Waals surface area contributed by atoms with Crippen LogP contribution >= 0.6 is 0 Å². The Morgan fingerprint density at radius 2 is 1.55 bits per heavy atom. The van der Waals surface area contributed by atoms with Crippen molar-refractivity contribution in [1.82, 2.24) is 5.32 Å². The van der Waals surface area contributed by atoms with E-state index in [1.807, 2.05) is 0 Å². The van der Waals surface area contributed by atoms with Crippen LogP contribution in [0.2, 0.25) is 0 Å². The zero-order valence-electron chi connectivity index (χ0n) is 18.3. The minimum absolute atomic E-state index is 0.173. The Hall–Kier alpha value is -2.13. The smallest absolute Gasteiger partial charge is 0.226 e. The highest BCUT2D eigenvalue weighted by atomic mass is 16.2. The molecule has 3 nitrogen and oxygen atoms in total. The Bertz CT molecular complexity index is 951. The number of amides is 1. The van der Waals surface area contributed by atoms with Crippen LogP contribution in [-0.4, -0.2) is 18.0 Å². The number of nitrogens with two attached hydrogens (primary N) is 1. The zero-order chi connectivity index (χ0) is 21.1. The van der Waals surface area contributed by atoms with Gasteiger partial charge in [0.1, 0.15) is 0 Å². The third-order valence-corrected chi connectivity index (χ3v) is 9.32. The minimum Gasteiger partial charge on any atom is -0.353 e. The van der Waals surface area contributed by atoms with Crippen molar-refractivity contribution in [2.24, 2.45) is 23.0 Å². The second-order valence-corrected chi connectivity index (χ2v) is 11.0. The van der Waals surface area contributed by atoms with Gasteiger partial charge >= 0.3 is 0 Å². The van der Waals surface area contributed by atoms with Gasteiger partial charge in [-0.2, -0.15) is 0 Å². The molecule has 4 bridgehead atoms. The molecule has 0 heterocycles. The molecule has 5 fully saturated rings. The first-order valence-electron chi connectivity index (χ1n) is 12.3. The SMILES string of the molecule is NC1CCC(NC(=O)[C@]23CC4CC(c5ccccc5)(CC2C4c2ccccc2)C3)CC1. The molecule has 3 heteroatoms. The summed E-state index contributed by atoms with van der Waals surface area (Å²) in [6.07, 6.45) is 8.58. The number of benzene rings is 2. The Morgan fingerprint density at radius 1 is 0.871 bits per heavy atom. The lowest BCUT2D eigenvalue weighted by atomic mass is 9.61. The molecule has 0 aromatic heterocycles. The fourth-order valence-electron chi connectivity index (χ4n) is 8.14. The topological polar surface area (TPSA) is 55.1 Å². The molecule has 5 saturated carbocycles. The number of hydrogen-bond donors (Lipinski definition) is 2. The summed E-state index contributed by atoms with van der Waals surface area (Å²) >= 11 is 0. The molecular formula is C28H34N2O. The summed E-state index contributed by atoms with van der Waals surface area (Å²) in [6.45, 7) is 0. The van der Waals surface area contributed by atoms with Gasteiger partial charge in [0.05, 0.1) is 5.41 Å². The van der Waals surface area contributed by atoms with E-state index in [2.05, 4.69) is 66.0 Å². The lowest BCUT2D eigenvalue weighted by Crippen LogP contribution is -2.49. The summed E-state index contributed by atoms with van der Waals surface area (Å²) in [7, 11) is 0. The van der Waals surface area contributed by atoms with Crippen LogP contribution in [0, 0.1) is 17.3 Å². The number of rotatable bonds is 4. The fourth-order valence-corrected chi connectivity index (χ4v) is 8.14. The third kappa shape index (κ3) is 3.00. The van der Waals surface area contributed by atoms with Crippen molar-refractivity contribution in [3.05, 3.63) is 71.8 Å². The molecule has 0 saturated heterocycles. The van der Waals surface area contributed by atoms with Gasteiger partial charge in [-0.25, -0.2) is 0 Å². The van der Waals surface area contributed by atoms with Crippen molar-refractivity contribution in [3.63, 3.8) is 0 Å². The lowest BCUT2D eigenvalue weighted by molar-refractivity contribution is -0.134. The number of hydrogen-bond acceptors (Lipinski definition) is 2. The van der Waals surface area contributed by atoms with Crippen molar-refractivity contribution in [2.75, 3.05) is 0 Å². The van der Waals surface area contributed by atoms with Crippen molar-refractivity contribution >= 4 is 5.91 Å². The van der Waals surface area contributed by atoms with Gasteiger partial charge < -0.3 is 11.1 Å². The van der Waals surface area contributed by atoms with Gasteiger partial charge in [0, 0.05) is 12.1 Å². The average Bonchev–Trinajstić information content (AvgIpc) is 3.18. The molecule has 3 N–H and O–H groups in total. The molecule has 162 valence electrons. The van der Waals surface area contributed by atoms with E-state index in [1.165, 1.54) is 17.5 Å². The normalized spacial score (nSPS) is 40.7. The van der Waals surface area contributed by atoms with Crippen LogP contribution < -0.4 is 11.1 Å². The van der Waals surface area contributed by atoms with Gasteiger partial charge in [0.15, 0.2) is 0 Å². The quantitative estimate of drug-likeness (QED) is 0.746. The van der Waals surface area contributed by atoms with Crippen molar-refractivity contribution in [2.45, 2.75) is 74.8 Å². The Kier molecular flexibility index (Phi) is 4.54. The average molecular weight is 415 g/mol. The molecule has 4 unspecified atom stereocenters. The van der Waals surface area contributed by atoms with Crippen LogP contribution in [0.1, 0.15) is 68.4 Å². The van der Waals surface area contributed by atoms with Crippen LogP contribution in [0.25, 0.3) is 0 Å². The van der Waals surface area contributed by atoms with Crippen LogP contribution in [0.15, 0.2) is 60.7 Å². The molecule has 0 spiro atoms. The maximum absolute atomic E-state index is 14.0. The Labute approximate surface area is 185 Å². The summed E-state index contributed by atoms with van der Waals surface area (Å²) in [5.41, 5.74) is 8.97. The largest absolute Gasteiger partial charge is 0.353 e. The second-order valence-electron chi connectivity index (χ2n) is 11.0. The predicted octanol–water partition coefficient (Wildman–Crippen LogP) is 4.91. The van der Waals surface area contributed by atoms with E-state index in [-0.39, 0.29) is 10.8 Å². The first-order chi connectivity index (χ1) is 15.1. The molecule has 31 heavy (non-hydrogen) atoms. The van der Waals surface area contributed by atoms with Crippen molar-refractivity contribution in [3.8, 4) is 0 Å². The molecule has 0 radical (unpaired) electrons. The van der Waals surface area contributed by atoms with Crippen LogP contribution in [0.5, 0.6) is 0 Å². The van der Waals surface area contributed by atoms with Gasteiger partial charge in [0.25, 0.3) is 0 Å². The van der Waals surface area contributed by atoms with Crippen molar-refractivity contribution < 1.29 is 4.79 Å². The maximum Gasteiger partial charge on any atom is 0.226 e. The minimum atomic E-state index is -0.209. The van der Waals surface area contributed by atoms with E-state index in [4.69, 9.17) is 5.73 Å². The number of carbonyl (C=O) groups excluding carboxylic acids is 1. The van der Waals surface area contributed by atoms with Gasteiger partial charge in [-0.1, -0.05) is 60.7 Å². The molecule has 5 atom stereocenters.